The summed E-state index contributed by atoms with van der Waals surface area (Å²) in [6, 6.07) is 1.70. The van der Waals surface area contributed by atoms with Gasteiger partial charge in [-0.25, -0.2) is 9.78 Å². The number of esters is 1. The molecule has 90 valence electrons. The quantitative estimate of drug-likeness (QED) is 0.803. The van der Waals surface area contributed by atoms with E-state index < -0.39 is 5.97 Å². The van der Waals surface area contributed by atoms with Gasteiger partial charge in [0.05, 0.1) is 13.5 Å². The summed E-state index contributed by atoms with van der Waals surface area (Å²) in [5.74, 6) is -1.37. The summed E-state index contributed by atoms with van der Waals surface area (Å²) in [5.41, 5.74) is 1.37. The highest BCUT2D eigenvalue weighted by Gasteiger charge is 2.07. The van der Waals surface area contributed by atoms with Crippen LogP contribution in [-0.2, 0) is 9.53 Å². The monoisotopic (exact) mass is 235 g/mol. The molecule has 1 N–H and O–H groups in total. The van der Waals surface area contributed by atoms with Gasteiger partial charge in [-0.05, 0) is 24.1 Å². The van der Waals surface area contributed by atoms with E-state index in [0.717, 1.165) is 5.56 Å². The highest BCUT2D eigenvalue weighted by atomic mass is 16.5. The highest BCUT2D eigenvalue weighted by Crippen LogP contribution is 2.09. The molecule has 0 aliphatic rings. The van der Waals surface area contributed by atoms with Crippen molar-refractivity contribution in [1.29, 1.82) is 0 Å². The summed E-state index contributed by atoms with van der Waals surface area (Å²) in [6.45, 7) is 1.67. The van der Waals surface area contributed by atoms with Gasteiger partial charge in [-0.1, -0.05) is 12.2 Å². The SMILES string of the molecule is COC(=O)CC=Cc1cnc(C(=O)O)c(C)c1. The third-order valence-corrected chi connectivity index (χ3v) is 2.12. The number of rotatable bonds is 4. The molecule has 0 aliphatic carbocycles. The van der Waals surface area contributed by atoms with Gasteiger partial charge < -0.3 is 9.84 Å². The van der Waals surface area contributed by atoms with E-state index in [2.05, 4.69) is 9.72 Å². The fourth-order valence-electron chi connectivity index (χ4n) is 1.29. The van der Waals surface area contributed by atoms with E-state index >= 15 is 0 Å². The number of methoxy groups -OCH3 is 1. The molecule has 0 amide bonds. The second-order valence-corrected chi connectivity index (χ2v) is 3.42. The zero-order chi connectivity index (χ0) is 12.8. The van der Waals surface area contributed by atoms with Crippen LogP contribution in [0.15, 0.2) is 18.3 Å². The van der Waals surface area contributed by atoms with Gasteiger partial charge in [0, 0.05) is 6.20 Å². The molecule has 0 atom stereocenters. The van der Waals surface area contributed by atoms with Crippen LogP contribution in [0.5, 0.6) is 0 Å². The maximum Gasteiger partial charge on any atom is 0.354 e. The molecule has 0 radical (unpaired) electrons. The molecular formula is C12H13NO4. The molecule has 5 heteroatoms. The van der Waals surface area contributed by atoms with Crippen molar-refractivity contribution in [3.63, 3.8) is 0 Å². The Morgan fingerprint density at radius 2 is 2.24 bits per heavy atom. The predicted octanol–water partition coefficient (Wildman–Crippen LogP) is 1.66. The first-order valence-electron chi connectivity index (χ1n) is 4.98. The van der Waals surface area contributed by atoms with E-state index in [-0.39, 0.29) is 18.1 Å². The number of aryl methyl sites for hydroxylation is 1. The zero-order valence-corrected chi connectivity index (χ0v) is 9.64. The van der Waals surface area contributed by atoms with E-state index in [1.165, 1.54) is 13.3 Å². The topological polar surface area (TPSA) is 76.5 Å². The van der Waals surface area contributed by atoms with E-state index in [1.54, 1.807) is 25.1 Å². The molecule has 1 heterocycles. The number of hydrogen-bond donors (Lipinski definition) is 1. The van der Waals surface area contributed by atoms with Crippen LogP contribution in [0, 0.1) is 6.92 Å². The second-order valence-electron chi connectivity index (χ2n) is 3.42. The molecule has 0 aromatic carbocycles. The number of carbonyl (C=O) groups excluding carboxylic acids is 1. The molecule has 0 saturated carbocycles. The Balaban J connectivity index is 2.77. The number of pyridine rings is 1. The van der Waals surface area contributed by atoms with Crippen molar-refractivity contribution in [3.05, 3.63) is 35.2 Å². The van der Waals surface area contributed by atoms with Crippen molar-refractivity contribution in [2.75, 3.05) is 7.11 Å². The van der Waals surface area contributed by atoms with Crippen molar-refractivity contribution in [1.82, 2.24) is 4.98 Å². The van der Waals surface area contributed by atoms with Crippen molar-refractivity contribution in [3.8, 4) is 0 Å². The molecule has 17 heavy (non-hydrogen) atoms. The first kappa shape index (κ1) is 12.9. The van der Waals surface area contributed by atoms with Gasteiger partial charge in [0.25, 0.3) is 0 Å². The Hall–Kier alpha value is -2.17. The molecule has 0 bridgehead atoms. The number of hydrogen-bond acceptors (Lipinski definition) is 4. The minimum absolute atomic E-state index is 0.0371. The lowest BCUT2D eigenvalue weighted by atomic mass is 10.1. The number of aromatic carboxylic acids is 1. The van der Waals surface area contributed by atoms with Crippen molar-refractivity contribution in [2.45, 2.75) is 13.3 Å². The number of carbonyl (C=O) groups is 2. The molecule has 0 saturated heterocycles. The molecule has 0 unspecified atom stereocenters. The normalized spacial score (nSPS) is 10.5. The van der Waals surface area contributed by atoms with Crippen LogP contribution in [0.2, 0.25) is 0 Å². The molecular weight excluding hydrogens is 222 g/mol. The van der Waals surface area contributed by atoms with Crippen LogP contribution >= 0.6 is 0 Å². The fraction of sp³-hybridized carbons (Fsp3) is 0.250. The third kappa shape index (κ3) is 3.71. The summed E-state index contributed by atoms with van der Waals surface area (Å²) < 4.78 is 4.48. The lowest BCUT2D eigenvalue weighted by molar-refractivity contribution is -0.139. The summed E-state index contributed by atoms with van der Waals surface area (Å²) >= 11 is 0. The Kier molecular flexibility index (Phi) is 4.39. The molecule has 1 aromatic rings. The lowest BCUT2D eigenvalue weighted by Gasteiger charge is -2.00. The zero-order valence-electron chi connectivity index (χ0n) is 9.64. The van der Waals surface area contributed by atoms with Crippen LogP contribution in [0.25, 0.3) is 6.08 Å². The summed E-state index contributed by atoms with van der Waals surface area (Å²) in [7, 11) is 1.32. The van der Waals surface area contributed by atoms with E-state index in [1.807, 2.05) is 0 Å². The average Bonchev–Trinajstić information content (AvgIpc) is 2.28. The summed E-state index contributed by atoms with van der Waals surface area (Å²) in [6.07, 6.45) is 4.96. The van der Waals surface area contributed by atoms with E-state index in [9.17, 15) is 9.59 Å². The van der Waals surface area contributed by atoms with Crippen LogP contribution in [0.4, 0.5) is 0 Å². The highest BCUT2D eigenvalue weighted by molar-refractivity contribution is 5.87. The van der Waals surface area contributed by atoms with Crippen LogP contribution in [0.3, 0.4) is 0 Å². The standard InChI is InChI=1S/C12H13NO4/c1-8-6-9(4-3-5-10(14)17-2)7-13-11(8)12(15)16/h3-4,6-7H,5H2,1-2H3,(H,15,16). The summed E-state index contributed by atoms with van der Waals surface area (Å²) in [4.78, 5) is 25.4. The summed E-state index contributed by atoms with van der Waals surface area (Å²) in [5, 5.41) is 8.80. The number of carboxylic acids is 1. The van der Waals surface area contributed by atoms with Gasteiger partial charge in [-0.15, -0.1) is 0 Å². The molecule has 1 aromatic heterocycles. The van der Waals surface area contributed by atoms with E-state index in [4.69, 9.17) is 5.11 Å². The minimum atomic E-state index is -1.05. The average molecular weight is 235 g/mol. The maximum atomic E-state index is 10.8. The lowest BCUT2D eigenvalue weighted by Crippen LogP contribution is -2.03. The van der Waals surface area contributed by atoms with Crippen molar-refractivity contribution >= 4 is 18.0 Å². The second kappa shape index (κ2) is 5.79. The van der Waals surface area contributed by atoms with Gasteiger partial charge in [-0.3, -0.25) is 4.79 Å². The Morgan fingerprint density at radius 3 is 2.76 bits per heavy atom. The number of ether oxygens (including phenoxy) is 1. The van der Waals surface area contributed by atoms with Gasteiger partial charge >= 0.3 is 11.9 Å². The van der Waals surface area contributed by atoms with Gasteiger partial charge in [-0.2, -0.15) is 0 Å². The molecule has 0 aliphatic heterocycles. The van der Waals surface area contributed by atoms with Crippen LogP contribution in [-0.4, -0.2) is 29.1 Å². The number of nitrogens with zero attached hydrogens (tertiary/aromatic N) is 1. The first-order valence-corrected chi connectivity index (χ1v) is 4.98. The first-order chi connectivity index (χ1) is 8.04. The molecule has 0 fully saturated rings. The van der Waals surface area contributed by atoms with Crippen molar-refractivity contribution < 1.29 is 19.4 Å². The Bertz CT molecular complexity index is 466. The van der Waals surface area contributed by atoms with Gasteiger partial charge in [0.2, 0.25) is 0 Å². The molecule has 5 nitrogen and oxygen atoms in total. The smallest absolute Gasteiger partial charge is 0.354 e. The van der Waals surface area contributed by atoms with Crippen LogP contribution in [0.1, 0.15) is 28.0 Å². The largest absolute Gasteiger partial charge is 0.477 e. The predicted molar refractivity (Wildman–Crippen MR) is 61.6 cm³/mol. The minimum Gasteiger partial charge on any atom is -0.477 e. The Labute approximate surface area is 98.7 Å². The van der Waals surface area contributed by atoms with E-state index in [0.29, 0.717) is 5.56 Å². The Morgan fingerprint density at radius 1 is 1.53 bits per heavy atom. The number of aromatic nitrogens is 1. The molecule has 1 rings (SSSR count). The third-order valence-electron chi connectivity index (χ3n) is 2.12. The van der Waals surface area contributed by atoms with Crippen molar-refractivity contribution in [2.24, 2.45) is 0 Å². The fourth-order valence-corrected chi connectivity index (χ4v) is 1.29. The maximum absolute atomic E-state index is 10.8. The van der Waals surface area contributed by atoms with Crippen LogP contribution < -0.4 is 0 Å². The number of carboxylic acid groups (broad SMARTS) is 1. The molecule has 0 spiro atoms. The van der Waals surface area contributed by atoms with Gasteiger partial charge in [0.15, 0.2) is 5.69 Å². The van der Waals surface area contributed by atoms with Gasteiger partial charge in [0.1, 0.15) is 0 Å².